The summed E-state index contributed by atoms with van der Waals surface area (Å²) >= 11 is 0. The van der Waals surface area contributed by atoms with Gasteiger partial charge in [0.1, 0.15) is 0 Å². The van der Waals surface area contributed by atoms with Crippen LogP contribution in [-0.4, -0.2) is 0 Å². The number of rotatable bonds is 10. The Morgan fingerprint density at radius 3 is 1.08 bits per heavy atom. The normalized spacial score (nSPS) is 12.3. The predicted molar refractivity (Wildman–Crippen MR) is 253 cm³/mol. The van der Waals surface area contributed by atoms with Gasteiger partial charge in [-0.1, -0.05) is 153 Å². The second-order valence-corrected chi connectivity index (χ2v) is 15.9. The van der Waals surface area contributed by atoms with E-state index < -0.39 is 0 Å². The zero-order chi connectivity index (χ0) is 40.5. The van der Waals surface area contributed by atoms with Crippen molar-refractivity contribution in [1.29, 1.82) is 0 Å². The fraction of sp³-hybridized carbons (Fsp3) is 0.0526. The maximum Gasteiger partial charge on any atom is 0.0482 e. The first-order valence-electron chi connectivity index (χ1n) is 20.7. The van der Waals surface area contributed by atoms with Gasteiger partial charge in [0.05, 0.1) is 0 Å². The van der Waals surface area contributed by atoms with Gasteiger partial charge in [0.25, 0.3) is 0 Å². The lowest BCUT2D eigenvalue weighted by Crippen LogP contribution is -2.17. The van der Waals surface area contributed by atoms with Gasteiger partial charge < -0.3 is 14.7 Å². The average molecular weight is 772 g/mol. The third-order valence-electron chi connectivity index (χ3n) is 11.8. The minimum atomic E-state index is -0.118. The van der Waals surface area contributed by atoms with E-state index in [2.05, 4.69) is 265 Å². The van der Waals surface area contributed by atoms with E-state index in [1.807, 2.05) is 0 Å². The van der Waals surface area contributed by atoms with Crippen molar-refractivity contribution in [3.63, 3.8) is 0 Å². The minimum absolute atomic E-state index is 0.118. The van der Waals surface area contributed by atoms with Crippen LogP contribution in [0.5, 0.6) is 0 Å². The summed E-state index contributed by atoms with van der Waals surface area (Å²) < 4.78 is 0. The van der Waals surface area contributed by atoms with Gasteiger partial charge in [-0.25, -0.2) is 0 Å². The molecule has 0 fully saturated rings. The monoisotopic (exact) mass is 771 g/mol. The summed E-state index contributed by atoms with van der Waals surface area (Å²) in [6.07, 6.45) is 0. The number of anilines is 9. The highest BCUT2D eigenvalue weighted by Crippen LogP contribution is 2.51. The van der Waals surface area contributed by atoms with Crippen LogP contribution >= 0.6 is 0 Å². The largest absolute Gasteiger partial charge is 0.310 e. The quantitative estimate of drug-likeness (QED) is 0.137. The topological polar surface area (TPSA) is 9.72 Å². The molecule has 0 atom stereocenters. The van der Waals surface area contributed by atoms with E-state index in [1.54, 1.807) is 0 Å². The molecule has 0 spiro atoms. The van der Waals surface area contributed by atoms with Crippen LogP contribution in [0.4, 0.5) is 51.2 Å². The second kappa shape index (κ2) is 15.6. The maximum atomic E-state index is 2.40. The highest BCUT2D eigenvalue weighted by Gasteiger charge is 2.35. The molecular weight excluding hydrogens is 727 g/mol. The molecule has 0 heterocycles. The number of fused-ring (bicyclic) bond motifs is 3. The summed E-state index contributed by atoms with van der Waals surface area (Å²) in [5, 5.41) is 0. The molecule has 0 amide bonds. The SMILES string of the molecule is CC1(C)c2ccccc2-c2ccc(N(c3ccccc3)c3cccc(N(c4ccc(-c5ccccc5)cc4)c4cccc(N(c5ccccc5)c5ccccc5)c4)c3)cc21. The molecule has 60 heavy (non-hydrogen) atoms. The van der Waals surface area contributed by atoms with Gasteiger partial charge in [-0.3, -0.25) is 0 Å². The van der Waals surface area contributed by atoms with Crippen molar-refractivity contribution < 1.29 is 0 Å². The van der Waals surface area contributed by atoms with Gasteiger partial charge >= 0.3 is 0 Å². The van der Waals surface area contributed by atoms with Crippen LogP contribution in [0.1, 0.15) is 25.0 Å². The molecule has 0 aromatic heterocycles. The Balaban J connectivity index is 1.12. The number of hydrogen-bond acceptors (Lipinski definition) is 3. The molecule has 1 aliphatic carbocycles. The van der Waals surface area contributed by atoms with Crippen molar-refractivity contribution in [2.24, 2.45) is 0 Å². The third-order valence-corrected chi connectivity index (χ3v) is 11.8. The Hall–Kier alpha value is -7.62. The standard InChI is InChI=1S/C57H45N3/c1-57(2)55-32-16-15-31-53(55)54-38-37-52(41-56(54)57)59(46-25-13-6-14-26-46)49-28-18-30-51(40-49)60(47-35-33-43(34-36-47)42-19-7-3-8-20-42)50-29-17-27-48(39-50)58(44-21-9-4-10-22-44)45-23-11-5-12-24-45/h3-41H,1-2H3. The fourth-order valence-corrected chi connectivity index (χ4v) is 8.88. The van der Waals surface area contributed by atoms with Crippen molar-refractivity contribution in [2.75, 3.05) is 14.7 Å². The lowest BCUT2D eigenvalue weighted by atomic mass is 9.82. The Kier molecular flexibility index (Phi) is 9.55. The smallest absolute Gasteiger partial charge is 0.0482 e. The number of hydrogen-bond donors (Lipinski definition) is 0. The lowest BCUT2D eigenvalue weighted by Gasteiger charge is -2.31. The van der Waals surface area contributed by atoms with E-state index in [4.69, 9.17) is 0 Å². The van der Waals surface area contributed by atoms with Gasteiger partial charge in [0.15, 0.2) is 0 Å². The summed E-state index contributed by atoms with van der Waals surface area (Å²) in [4.78, 5) is 7.09. The summed E-state index contributed by atoms with van der Waals surface area (Å²) in [5.41, 5.74) is 17.4. The highest BCUT2D eigenvalue weighted by molar-refractivity contribution is 5.88. The van der Waals surface area contributed by atoms with Crippen LogP contribution in [0.3, 0.4) is 0 Å². The van der Waals surface area contributed by atoms with Crippen molar-refractivity contribution in [3.8, 4) is 22.3 Å². The van der Waals surface area contributed by atoms with Crippen LogP contribution in [-0.2, 0) is 5.41 Å². The molecule has 0 aliphatic heterocycles. The predicted octanol–water partition coefficient (Wildman–Crippen LogP) is 16.1. The molecular formula is C57H45N3. The molecule has 0 saturated carbocycles. The Morgan fingerprint density at radius 1 is 0.250 bits per heavy atom. The van der Waals surface area contributed by atoms with E-state index in [9.17, 15) is 0 Å². The Labute approximate surface area is 353 Å². The Morgan fingerprint density at radius 2 is 0.583 bits per heavy atom. The Bertz CT molecular complexity index is 2850. The zero-order valence-electron chi connectivity index (χ0n) is 33.9. The molecule has 3 heteroatoms. The van der Waals surface area contributed by atoms with Crippen molar-refractivity contribution >= 4 is 51.2 Å². The van der Waals surface area contributed by atoms with Crippen LogP contribution < -0.4 is 14.7 Å². The molecule has 0 unspecified atom stereocenters. The molecule has 0 bridgehead atoms. The van der Waals surface area contributed by atoms with Crippen LogP contribution in [0.15, 0.2) is 237 Å². The minimum Gasteiger partial charge on any atom is -0.310 e. The summed E-state index contributed by atoms with van der Waals surface area (Å²) in [6.45, 7) is 4.70. The second-order valence-electron chi connectivity index (χ2n) is 15.9. The molecule has 10 rings (SSSR count). The molecule has 3 nitrogen and oxygen atoms in total. The maximum absolute atomic E-state index is 2.40. The van der Waals surface area contributed by atoms with Crippen molar-refractivity contribution in [2.45, 2.75) is 19.3 Å². The number of para-hydroxylation sites is 3. The molecule has 0 radical (unpaired) electrons. The highest BCUT2D eigenvalue weighted by atomic mass is 15.2. The van der Waals surface area contributed by atoms with Crippen LogP contribution in [0.25, 0.3) is 22.3 Å². The van der Waals surface area contributed by atoms with Gasteiger partial charge in [0, 0.05) is 56.6 Å². The first kappa shape index (κ1) is 36.7. The lowest BCUT2D eigenvalue weighted by molar-refractivity contribution is 0.660. The molecule has 0 N–H and O–H groups in total. The summed E-state index contributed by atoms with van der Waals surface area (Å²) in [7, 11) is 0. The molecule has 9 aromatic carbocycles. The van der Waals surface area contributed by atoms with Gasteiger partial charge in [0.2, 0.25) is 0 Å². The molecule has 288 valence electrons. The average Bonchev–Trinajstić information content (AvgIpc) is 3.54. The molecule has 9 aromatic rings. The van der Waals surface area contributed by atoms with Gasteiger partial charge in [-0.05, 0) is 130 Å². The van der Waals surface area contributed by atoms with E-state index in [0.29, 0.717) is 0 Å². The number of benzene rings is 9. The van der Waals surface area contributed by atoms with E-state index in [0.717, 1.165) is 51.2 Å². The van der Waals surface area contributed by atoms with E-state index >= 15 is 0 Å². The van der Waals surface area contributed by atoms with Crippen molar-refractivity contribution in [1.82, 2.24) is 0 Å². The van der Waals surface area contributed by atoms with E-state index in [-0.39, 0.29) is 5.41 Å². The van der Waals surface area contributed by atoms with Crippen LogP contribution in [0.2, 0.25) is 0 Å². The van der Waals surface area contributed by atoms with Crippen molar-refractivity contribution in [3.05, 3.63) is 248 Å². The third kappa shape index (κ3) is 6.80. The van der Waals surface area contributed by atoms with Crippen LogP contribution in [0, 0.1) is 0 Å². The first-order valence-corrected chi connectivity index (χ1v) is 20.7. The van der Waals surface area contributed by atoms with Gasteiger partial charge in [-0.15, -0.1) is 0 Å². The first-order chi connectivity index (χ1) is 29.5. The summed E-state index contributed by atoms with van der Waals surface area (Å²) in [5.74, 6) is 0. The van der Waals surface area contributed by atoms with Gasteiger partial charge in [-0.2, -0.15) is 0 Å². The molecule has 1 aliphatic rings. The van der Waals surface area contributed by atoms with E-state index in [1.165, 1.54) is 33.4 Å². The fourth-order valence-electron chi connectivity index (χ4n) is 8.88. The zero-order valence-corrected chi connectivity index (χ0v) is 33.9. The molecule has 0 saturated heterocycles. The summed E-state index contributed by atoms with van der Waals surface area (Å²) in [6, 6.07) is 85.1. The number of nitrogens with zero attached hydrogens (tertiary/aromatic N) is 3.